The molecule has 0 atom stereocenters. The van der Waals surface area contributed by atoms with Gasteiger partial charge in [-0.3, -0.25) is 0 Å². The molecule has 1 aromatic heterocycles. The van der Waals surface area contributed by atoms with E-state index in [-0.39, 0.29) is 0 Å². The van der Waals surface area contributed by atoms with Gasteiger partial charge in [0.15, 0.2) is 0 Å². The monoisotopic (exact) mass is 309 g/mol. The second-order valence-electron chi connectivity index (χ2n) is 3.37. The van der Waals surface area contributed by atoms with E-state index >= 15 is 0 Å². The van der Waals surface area contributed by atoms with E-state index in [2.05, 4.69) is 43.3 Å². The standard InChI is InChI=1S/C12H12BrN3S/c1-14-12-15-7-10(13)11(16-12)17-8-9-5-3-2-4-6-9/h2-7H,8H2,1H3,(H,14,15,16). The number of hydrogen-bond acceptors (Lipinski definition) is 4. The van der Waals surface area contributed by atoms with E-state index < -0.39 is 0 Å². The zero-order chi connectivity index (χ0) is 12.1. The molecule has 5 heteroatoms. The van der Waals surface area contributed by atoms with Crippen LogP contribution in [0.2, 0.25) is 0 Å². The van der Waals surface area contributed by atoms with Crippen LogP contribution in [0.4, 0.5) is 5.95 Å². The SMILES string of the molecule is CNc1ncc(Br)c(SCc2ccccc2)n1. The first kappa shape index (κ1) is 12.4. The van der Waals surface area contributed by atoms with E-state index in [9.17, 15) is 0 Å². The molecule has 2 rings (SSSR count). The second-order valence-corrected chi connectivity index (χ2v) is 5.19. The van der Waals surface area contributed by atoms with Gasteiger partial charge in [0.1, 0.15) is 5.03 Å². The van der Waals surface area contributed by atoms with Crippen LogP contribution < -0.4 is 5.32 Å². The number of anilines is 1. The van der Waals surface area contributed by atoms with Crippen LogP contribution in [0.3, 0.4) is 0 Å². The Morgan fingerprint density at radius 1 is 1.29 bits per heavy atom. The van der Waals surface area contributed by atoms with E-state index in [1.54, 1.807) is 18.0 Å². The summed E-state index contributed by atoms with van der Waals surface area (Å²) in [5.41, 5.74) is 1.29. The van der Waals surface area contributed by atoms with E-state index in [1.165, 1.54) is 5.56 Å². The van der Waals surface area contributed by atoms with Gasteiger partial charge in [-0.05, 0) is 21.5 Å². The van der Waals surface area contributed by atoms with Gasteiger partial charge < -0.3 is 5.32 Å². The molecule has 0 saturated carbocycles. The van der Waals surface area contributed by atoms with Crippen LogP contribution in [0.15, 0.2) is 46.0 Å². The molecule has 0 fully saturated rings. The summed E-state index contributed by atoms with van der Waals surface area (Å²) in [5.74, 6) is 1.54. The predicted molar refractivity (Wildman–Crippen MR) is 75.3 cm³/mol. The molecule has 0 aliphatic rings. The predicted octanol–water partition coefficient (Wildman–Crippen LogP) is 3.57. The summed E-state index contributed by atoms with van der Waals surface area (Å²) < 4.78 is 0.928. The maximum atomic E-state index is 4.40. The van der Waals surface area contributed by atoms with Crippen LogP contribution in [0.25, 0.3) is 0 Å². The first-order valence-corrected chi connectivity index (χ1v) is 6.94. The molecule has 1 N–H and O–H groups in total. The van der Waals surface area contributed by atoms with Crippen molar-refractivity contribution in [3.8, 4) is 0 Å². The van der Waals surface area contributed by atoms with Crippen molar-refractivity contribution in [1.29, 1.82) is 0 Å². The number of benzene rings is 1. The quantitative estimate of drug-likeness (QED) is 0.692. The molecule has 3 nitrogen and oxygen atoms in total. The number of aromatic nitrogens is 2. The number of rotatable bonds is 4. The molecule has 0 unspecified atom stereocenters. The van der Waals surface area contributed by atoms with E-state index in [0.29, 0.717) is 5.95 Å². The average Bonchev–Trinajstić information content (AvgIpc) is 2.39. The molecule has 88 valence electrons. The van der Waals surface area contributed by atoms with Crippen molar-refractivity contribution in [2.45, 2.75) is 10.8 Å². The fraction of sp³-hybridized carbons (Fsp3) is 0.167. The Morgan fingerprint density at radius 2 is 2.06 bits per heavy atom. The van der Waals surface area contributed by atoms with Gasteiger partial charge >= 0.3 is 0 Å². The highest BCUT2D eigenvalue weighted by Crippen LogP contribution is 2.28. The zero-order valence-electron chi connectivity index (χ0n) is 9.35. The van der Waals surface area contributed by atoms with Gasteiger partial charge in [0, 0.05) is 19.0 Å². The van der Waals surface area contributed by atoms with Gasteiger partial charge in [-0.25, -0.2) is 9.97 Å². The van der Waals surface area contributed by atoms with Gasteiger partial charge in [-0.2, -0.15) is 0 Å². The highest BCUT2D eigenvalue weighted by molar-refractivity contribution is 9.10. The van der Waals surface area contributed by atoms with Gasteiger partial charge in [0.25, 0.3) is 0 Å². The lowest BCUT2D eigenvalue weighted by molar-refractivity contribution is 1.02. The molecule has 0 aliphatic carbocycles. The fourth-order valence-corrected chi connectivity index (χ4v) is 2.67. The Bertz CT molecular complexity index is 490. The molecule has 0 bridgehead atoms. The molecular formula is C12H12BrN3S. The Hall–Kier alpha value is -1.07. The van der Waals surface area contributed by atoms with Crippen molar-refractivity contribution < 1.29 is 0 Å². The average molecular weight is 310 g/mol. The van der Waals surface area contributed by atoms with Crippen molar-refractivity contribution in [2.24, 2.45) is 0 Å². The topological polar surface area (TPSA) is 37.8 Å². The lowest BCUT2D eigenvalue weighted by atomic mass is 10.2. The minimum atomic E-state index is 0.642. The smallest absolute Gasteiger partial charge is 0.223 e. The molecule has 0 aliphatic heterocycles. The Kier molecular flexibility index (Phi) is 4.39. The van der Waals surface area contributed by atoms with Gasteiger partial charge in [0.2, 0.25) is 5.95 Å². The van der Waals surface area contributed by atoms with Gasteiger partial charge in [-0.1, -0.05) is 30.3 Å². The Labute approximate surface area is 113 Å². The number of nitrogens with one attached hydrogen (secondary N) is 1. The molecule has 0 saturated heterocycles. The van der Waals surface area contributed by atoms with Crippen molar-refractivity contribution in [2.75, 3.05) is 12.4 Å². The minimum absolute atomic E-state index is 0.642. The molecule has 0 radical (unpaired) electrons. The third kappa shape index (κ3) is 3.44. The van der Waals surface area contributed by atoms with Gasteiger partial charge in [0.05, 0.1) is 4.47 Å². The van der Waals surface area contributed by atoms with Crippen LogP contribution in [-0.4, -0.2) is 17.0 Å². The normalized spacial score (nSPS) is 10.2. The Morgan fingerprint density at radius 3 is 2.76 bits per heavy atom. The van der Waals surface area contributed by atoms with Gasteiger partial charge in [-0.15, -0.1) is 11.8 Å². The van der Waals surface area contributed by atoms with E-state index in [1.807, 2.05) is 25.2 Å². The number of hydrogen-bond donors (Lipinski definition) is 1. The van der Waals surface area contributed by atoms with Crippen molar-refractivity contribution in [1.82, 2.24) is 9.97 Å². The maximum Gasteiger partial charge on any atom is 0.223 e. The molecular weight excluding hydrogens is 298 g/mol. The summed E-state index contributed by atoms with van der Waals surface area (Å²) >= 11 is 5.15. The zero-order valence-corrected chi connectivity index (χ0v) is 11.8. The van der Waals surface area contributed by atoms with E-state index in [4.69, 9.17) is 0 Å². The largest absolute Gasteiger partial charge is 0.357 e. The lowest BCUT2D eigenvalue weighted by Gasteiger charge is -2.05. The summed E-state index contributed by atoms with van der Waals surface area (Å²) in [4.78, 5) is 8.53. The fourth-order valence-electron chi connectivity index (χ4n) is 1.30. The summed E-state index contributed by atoms with van der Waals surface area (Å²) in [6, 6.07) is 10.3. The van der Waals surface area contributed by atoms with Crippen LogP contribution >= 0.6 is 27.7 Å². The molecule has 2 aromatic rings. The number of halogens is 1. The molecule has 1 heterocycles. The van der Waals surface area contributed by atoms with Crippen LogP contribution in [0, 0.1) is 0 Å². The lowest BCUT2D eigenvalue weighted by Crippen LogP contribution is -1.97. The molecule has 0 spiro atoms. The highest BCUT2D eigenvalue weighted by atomic mass is 79.9. The van der Waals surface area contributed by atoms with Crippen molar-refractivity contribution in [3.63, 3.8) is 0 Å². The molecule has 17 heavy (non-hydrogen) atoms. The third-order valence-corrected chi connectivity index (χ3v) is 4.06. The summed E-state index contributed by atoms with van der Waals surface area (Å²) in [5, 5.41) is 3.89. The molecule has 1 aromatic carbocycles. The summed E-state index contributed by atoms with van der Waals surface area (Å²) in [7, 11) is 1.81. The minimum Gasteiger partial charge on any atom is -0.357 e. The number of thioether (sulfide) groups is 1. The second kappa shape index (κ2) is 6.02. The third-order valence-electron chi connectivity index (χ3n) is 2.15. The summed E-state index contributed by atoms with van der Waals surface area (Å²) in [6.45, 7) is 0. The van der Waals surface area contributed by atoms with Crippen molar-refractivity contribution >= 4 is 33.6 Å². The summed E-state index contributed by atoms with van der Waals surface area (Å²) in [6.07, 6.45) is 1.77. The van der Waals surface area contributed by atoms with Crippen LogP contribution in [-0.2, 0) is 5.75 Å². The first-order chi connectivity index (χ1) is 8.29. The number of nitrogens with zero attached hydrogens (tertiary/aromatic N) is 2. The first-order valence-electron chi connectivity index (χ1n) is 5.16. The maximum absolute atomic E-state index is 4.40. The highest BCUT2D eigenvalue weighted by Gasteiger charge is 2.05. The van der Waals surface area contributed by atoms with E-state index in [0.717, 1.165) is 15.3 Å². The Balaban J connectivity index is 2.08. The van der Waals surface area contributed by atoms with Crippen molar-refractivity contribution in [3.05, 3.63) is 46.6 Å². The van der Waals surface area contributed by atoms with Crippen LogP contribution in [0.1, 0.15) is 5.56 Å². The molecule has 0 amide bonds. The van der Waals surface area contributed by atoms with Crippen LogP contribution in [0.5, 0.6) is 0 Å².